The van der Waals surface area contributed by atoms with Crippen molar-refractivity contribution in [2.45, 2.75) is 32.7 Å². The lowest BCUT2D eigenvalue weighted by molar-refractivity contribution is -0.119. The van der Waals surface area contributed by atoms with Crippen LogP contribution in [0.25, 0.3) is 11.0 Å². The molecule has 1 aliphatic rings. The summed E-state index contributed by atoms with van der Waals surface area (Å²) in [6.45, 7) is 6.73. The van der Waals surface area contributed by atoms with E-state index in [1.807, 2.05) is 51.9 Å². The Morgan fingerprint density at radius 2 is 1.90 bits per heavy atom. The third kappa shape index (κ3) is 3.99. The number of imidazole rings is 1. The van der Waals surface area contributed by atoms with Gasteiger partial charge in [-0.25, -0.2) is 4.98 Å². The number of para-hydroxylation sites is 3. The molecule has 1 N–H and O–H groups in total. The van der Waals surface area contributed by atoms with E-state index in [-0.39, 0.29) is 18.4 Å². The molecule has 0 saturated heterocycles. The summed E-state index contributed by atoms with van der Waals surface area (Å²) in [5.41, 5.74) is 4.48. The van der Waals surface area contributed by atoms with Gasteiger partial charge in [0.2, 0.25) is 11.8 Å². The van der Waals surface area contributed by atoms with Crippen LogP contribution < -0.4 is 10.2 Å². The fraction of sp³-hybridized carbons (Fsp3) is 0.292. The highest BCUT2D eigenvalue weighted by Gasteiger charge is 2.23. The van der Waals surface area contributed by atoms with Crippen molar-refractivity contribution in [3.05, 3.63) is 72.1 Å². The minimum absolute atomic E-state index is 0.0533. The number of benzene rings is 2. The summed E-state index contributed by atoms with van der Waals surface area (Å²) in [6, 6.07) is 15.9. The predicted molar refractivity (Wildman–Crippen MR) is 118 cm³/mol. The second-order valence-electron chi connectivity index (χ2n) is 7.67. The number of nitrogens with zero attached hydrogens (tertiary/aromatic N) is 3. The van der Waals surface area contributed by atoms with E-state index in [9.17, 15) is 9.59 Å². The molecule has 2 amide bonds. The van der Waals surface area contributed by atoms with Crippen molar-refractivity contribution in [2.75, 3.05) is 18.0 Å². The maximum atomic E-state index is 13.3. The predicted octanol–water partition coefficient (Wildman–Crippen LogP) is 3.25. The zero-order chi connectivity index (χ0) is 21.1. The lowest BCUT2D eigenvalue weighted by Gasteiger charge is -2.29. The molecule has 0 aliphatic carbocycles. The van der Waals surface area contributed by atoms with E-state index in [0.29, 0.717) is 18.5 Å². The lowest BCUT2D eigenvalue weighted by Crippen LogP contribution is -2.38. The Morgan fingerprint density at radius 1 is 1.13 bits per heavy atom. The number of aryl methyl sites for hydroxylation is 1. The van der Waals surface area contributed by atoms with Crippen LogP contribution in [0.1, 0.15) is 24.7 Å². The number of anilines is 1. The Bertz CT molecular complexity index is 1120. The minimum atomic E-state index is -0.168. The lowest BCUT2D eigenvalue weighted by atomic mass is 10.0. The molecule has 0 unspecified atom stereocenters. The first-order chi connectivity index (χ1) is 14.5. The highest BCUT2D eigenvalue weighted by Crippen LogP contribution is 2.27. The molecule has 0 saturated carbocycles. The maximum absolute atomic E-state index is 13.3. The van der Waals surface area contributed by atoms with E-state index in [4.69, 9.17) is 4.98 Å². The molecule has 1 aromatic heterocycles. The van der Waals surface area contributed by atoms with Crippen molar-refractivity contribution in [1.29, 1.82) is 0 Å². The van der Waals surface area contributed by atoms with Crippen LogP contribution in [-0.2, 0) is 29.0 Å². The number of hydrogen-bond donors (Lipinski definition) is 1. The third-order valence-corrected chi connectivity index (χ3v) is 5.46. The van der Waals surface area contributed by atoms with Gasteiger partial charge >= 0.3 is 0 Å². The van der Waals surface area contributed by atoms with Gasteiger partial charge in [-0.15, -0.1) is 0 Å². The van der Waals surface area contributed by atoms with E-state index < -0.39 is 0 Å². The number of nitrogens with one attached hydrogen (secondary N) is 1. The molecule has 6 heteroatoms. The zero-order valence-corrected chi connectivity index (χ0v) is 17.2. The second-order valence-corrected chi connectivity index (χ2v) is 7.67. The first kappa shape index (κ1) is 19.9. The molecule has 0 fully saturated rings. The SMILES string of the molecule is C=C(C)C(=O)NCCc1nc2ccccc2n1CC(=O)N1CCCc2ccccc21. The van der Waals surface area contributed by atoms with Crippen LogP contribution in [0, 0.1) is 0 Å². The van der Waals surface area contributed by atoms with Gasteiger partial charge in [0.25, 0.3) is 0 Å². The van der Waals surface area contributed by atoms with Gasteiger partial charge in [-0.2, -0.15) is 0 Å². The van der Waals surface area contributed by atoms with Crippen LogP contribution in [0.4, 0.5) is 5.69 Å². The molecular weight excluding hydrogens is 376 g/mol. The normalized spacial score (nSPS) is 13.2. The van der Waals surface area contributed by atoms with Gasteiger partial charge in [0.05, 0.1) is 11.0 Å². The van der Waals surface area contributed by atoms with E-state index in [1.54, 1.807) is 6.92 Å². The van der Waals surface area contributed by atoms with Gasteiger partial charge in [0.15, 0.2) is 0 Å². The first-order valence-corrected chi connectivity index (χ1v) is 10.3. The smallest absolute Gasteiger partial charge is 0.246 e. The van der Waals surface area contributed by atoms with E-state index >= 15 is 0 Å². The van der Waals surface area contributed by atoms with Crippen molar-refractivity contribution in [3.8, 4) is 0 Å². The summed E-state index contributed by atoms with van der Waals surface area (Å²) in [5, 5.41) is 2.84. The molecule has 30 heavy (non-hydrogen) atoms. The molecule has 2 heterocycles. The standard InChI is InChI=1S/C24H26N4O2/c1-17(2)24(30)25-14-13-22-26-19-10-4-6-12-21(19)28(22)16-23(29)27-15-7-9-18-8-3-5-11-20(18)27/h3-6,8,10-12H,1,7,9,13-16H2,2H3,(H,25,30). The quantitative estimate of drug-likeness (QED) is 0.644. The minimum Gasteiger partial charge on any atom is -0.352 e. The molecule has 2 aromatic carbocycles. The summed E-state index contributed by atoms with van der Waals surface area (Å²) >= 11 is 0. The number of aromatic nitrogens is 2. The number of amides is 2. The van der Waals surface area contributed by atoms with Crippen LogP contribution >= 0.6 is 0 Å². The van der Waals surface area contributed by atoms with Gasteiger partial charge in [-0.05, 0) is 43.5 Å². The van der Waals surface area contributed by atoms with E-state index in [0.717, 1.165) is 41.9 Å². The number of carbonyl (C=O) groups is 2. The summed E-state index contributed by atoms with van der Waals surface area (Å²) < 4.78 is 1.97. The number of carbonyl (C=O) groups excluding carboxylic acids is 2. The number of fused-ring (bicyclic) bond motifs is 2. The Morgan fingerprint density at radius 3 is 2.73 bits per heavy atom. The van der Waals surface area contributed by atoms with E-state index in [1.165, 1.54) is 5.56 Å². The van der Waals surface area contributed by atoms with Crippen LogP contribution in [0.15, 0.2) is 60.7 Å². The highest BCUT2D eigenvalue weighted by molar-refractivity contribution is 5.95. The highest BCUT2D eigenvalue weighted by atomic mass is 16.2. The molecule has 6 nitrogen and oxygen atoms in total. The van der Waals surface area contributed by atoms with Gasteiger partial charge in [-0.3, -0.25) is 9.59 Å². The first-order valence-electron chi connectivity index (χ1n) is 10.3. The van der Waals surface area contributed by atoms with Gasteiger partial charge in [-0.1, -0.05) is 36.9 Å². The fourth-order valence-corrected chi connectivity index (χ4v) is 3.94. The molecule has 4 rings (SSSR count). The maximum Gasteiger partial charge on any atom is 0.246 e. The largest absolute Gasteiger partial charge is 0.352 e. The summed E-state index contributed by atoms with van der Waals surface area (Å²) in [4.78, 5) is 31.7. The molecule has 0 bridgehead atoms. The number of rotatable bonds is 6. The Kier molecular flexibility index (Phi) is 5.65. The summed E-state index contributed by atoms with van der Waals surface area (Å²) in [6.07, 6.45) is 2.51. The van der Waals surface area contributed by atoms with Crippen LogP contribution in [0.5, 0.6) is 0 Å². The molecule has 0 radical (unpaired) electrons. The van der Waals surface area contributed by atoms with Gasteiger partial charge < -0.3 is 14.8 Å². The zero-order valence-electron chi connectivity index (χ0n) is 17.2. The number of hydrogen-bond acceptors (Lipinski definition) is 3. The summed E-state index contributed by atoms with van der Waals surface area (Å²) in [5.74, 6) is 0.674. The summed E-state index contributed by atoms with van der Waals surface area (Å²) in [7, 11) is 0. The topological polar surface area (TPSA) is 67.2 Å². The van der Waals surface area contributed by atoms with Gasteiger partial charge in [0, 0.05) is 30.8 Å². The molecular formula is C24H26N4O2. The molecule has 1 aliphatic heterocycles. The Hall–Kier alpha value is -3.41. The Balaban J connectivity index is 1.58. The monoisotopic (exact) mass is 402 g/mol. The molecule has 0 atom stereocenters. The van der Waals surface area contributed by atoms with Crippen molar-refractivity contribution in [2.24, 2.45) is 0 Å². The Labute approximate surface area is 176 Å². The van der Waals surface area contributed by atoms with E-state index in [2.05, 4.69) is 18.0 Å². The van der Waals surface area contributed by atoms with Crippen LogP contribution in [0.3, 0.4) is 0 Å². The second kappa shape index (κ2) is 8.53. The average Bonchev–Trinajstić information content (AvgIpc) is 3.10. The van der Waals surface area contributed by atoms with Crippen molar-refractivity contribution >= 4 is 28.5 Å². The molecule has 0 spiro atoms. The third-order valence-electron chi connectivity index (χ3n) is 5.46. The van der Waals surface area contributed by atoms with Crippen molar-refractivity contribution in [1.82, 2.24) is 14.9 Å². The van der Waals surface area contributed by atoms with Crippen LogP contribution in [0.2, 0.25) is 0 Å². The fourth-order valence-electron chi connectivity index (χ4n) is 3.94. The van der Waals surface area contributed by atoms with Crippen molar-refractivity contribution in [3.63, 3.8) is 0 Å². The van der Waals surface area contributed by atoms with Crippen LogP contribution in [-0.4, -0.2) is 34.5 Å². The van der Waals surface area contributed by atoms with Crippen molar-refractivity contribution < 1.29 is 9.59 Å². The molecule has 154 valence electrons. The average molecular weight is 402 g/mol. The van der Waals surface area contributed by atoms with Gasteiger partial charge in [0.1, 0.15) is 12.4 Å². The molecule has 3 aromatic rings.